The summed E-state index contributed by atoms with van der Waals surface area (Å²) in [6, 6.07) is 0. The molecule has 1 saturated carbocycles. The van der Waals surface area contributed by atoms with Gasteiger partial charge in [0.25, 0.3) is 0 Å². The Morgan fingerprint density at radius 3 is 1.46 bits per heavy atom. The van der Waals surface area contributed by atoms with Gasteiger partial charge in [0, 0.05) is 11.8 Å². The molecule has 2 atom stereocenters. The Bertz CT molecular complexity index is 198. The number of ketones is 2. The van der Waals surface area contributed by atoms with Crippen LogP contribution < -0.4 is 0 Å². The zero-order valence-corrected chi connectivity index (χ0v) is 8.67. The van der Waals surface area contributed by atoms with Crippen LogP contribution >= 0.6 is 0 Å². The lowest BCUT2D eigenvalue weighted by atomic mass is 9.91. The molecule has 1 aliphatic carbocycles. The molecule has 1 fully saturated rings. The Morgan fingerprint density at radius 1 is 0.846 bits per heavy atom. The van der Waals surface area contributed by atoms with Crippen LogP contribution in [0.5, 0.6) is 0 Å². The van der Waals surface area contributed by atoms with Gasteiger partial charge in [-0.15, -0.1) is 0 Å². The number of Topliss-reactive ketones (excluding diaryl/α,β-unsaturated/α-hetero) is 2. The lowest BCUT2D eigenvalue weighted by Crippen LogP contribution is -2.15. The van der Waals surface area contributed by atoms with E-state index >= 15 is 0 Å². The summed E-state index contributed by atoms with van der Waals surface area (Å²) >= 11 is 0. The van der Waals surface area contributed by atoms with Gasteiger partial charge in [-0.05, 0) is 19.3 Å². The molecule has 2 heteroatoms. The summed E-state index contributed by atoms with van der Waals surface area (Å²) in [7, 11) is 0. The fourth-order valence-corrected chi connectivity index (χ4v) is 2.43. The maximum absolute atomic E-state index is 11.7. The average molecular weight is 182 g/mol. The van der Waals surface area contributed by atoms with E-state index in [-0.39, 0.29) is 29.3 Å². The van der Waals surface area contributed by atoms with Gasteiger partial charge in [-0.3, -0.25) is 9.59 Å². The molecule has 2 unspecified atom stereocenters. The second kappa shape index (κ2) is 4.03. The Labute approximate surface area is 79.7 Å². The quantitative estimate of drug-likeness (QED) is 0.627. The fourth-order valence-electron chi connectivity index (χ4n) is 2.43. The molecule has 0 saturated heterocycles. The van der Waals surface area contributed by atoms with Crippen molar-refractivity contribution in [1.29, 1.82) is 0 Å². The minimum Gasteiger partial charge on any atom is -0.299 e. The SMILES string of the molecule is CCC1C(=O)C(CC)C(CC)C1=O. The predicted octanol–water partition coefficient (Wildman–Crippen LogP) is 2.22. The van der Waals surface area contributed by atoms with Crippen molar-refractivity contribution in [2.45, 2.75) is 40.0 Å². The molecule has 74 valence electrons. The van der Waals surface area contributed by atoms with E-state index in [0.717, 1.165) is 12.8 Å². The van der Waals surface area contributed by atoms with Crippen LogP contribution in [0.4, 0.5) is 0 Å². The molecular formula is C11H18O2. The largest absolute Gasteiger partial charge is 0.299 e. The van der Waals surface area contributed by atoms with Crippen molar-refractivity contribution in [2.75, 3.05) is 0 Å². The average Bonchev–Trinajstić information content (AvgIpc) is 2.36. The molecule has 2 nitrogen and oxygen atoms in total. The van der Waals surface area contributed by atoms with Gasteiger partial charge in [0.05, 0.1) is 5.92 Å². The number of hydrogen-bond donors (Lipinski definition) is 0. The van der Waals surface area contributed by atoms with E-state index in [0.29, 0.717) is 6.42 Å². The zero-order valence-electron chi connectivity index (χ0n) is 8.67. The van der Waals surface area contributed by atoms with Gasteiger partial charge < -0.3 is 0 Å². The molecule has 1 aliphatic rings. The first-order valence-electron chi connectivity index (χ1n) is 5.24. The van der Waals surface area contributed by atoms with E-state index in [9.17, 15) is 9.59 Å². The first-order valence-corrected chi connectivity index (χ1v) is 5.24. The Hall–Kier alpha value is -0.660. The minimum atomic E-state index is -0.282. The molecule has 0 bridgehead atoms. The number of carbonyl (C=O) groups is 2. The number of hydrogen-bond acceptors (Lipinski definition) is 2. The molecule has 0 amide bonds. The number of carbonyl (C=O) groups excluding carboxylic acids is 2. The van der Waals surface area contributed by atoms with Crippen molar-refractivity contribution in [1.82, 2.24) is 0 Å². The van der Waals surface area contributed by atoms with E-state index in [1.165, 1.54) is 0 Å². The van der Waals surface area contributed by atoms with Crippen LogP contribution in [0.3, 0.4) is 0 Å². The molecule has 0 heterocycles. The van der Waals surface area contributed by atoms with Gasteiger partial charge in [-0.1, -0.05) is 20.8 Å². The third-order valence-corrected chi connectivity index (χ3v) is 3.19. The first kappa shape index (κ1) is 10.4. The smallest absolute Gasteiger partial charge is 0.147 e. The van der Waals surface area contributed by atoms with Crippen LogP contribution in [0.25, 0.3) is 0 Å². The molecule has 0 radical (unpaired) electrons. The summed E-state index contributed by atoms with van der Waals surface area (Å²) in [5, 5.41) is 0. The van der Waals surface area contributed by atoms with Crippen molar-refractivity contribution in [3.05, 3.63) is 0 Å². The highest BCUT2D eigenvalue weighted by Gasteiger charge is 2.45. The third-order valence-electron chi connectivity index (χ3n) is 3.19. The van der Waals surface area contributed by atoms with Gasteiger partial charge in [0.1, 0.15) is 11.6 Å². The van der Waals surface area contributed by atoms with Crippen molar-refractivity contribution < 1.29 is 9.59 Å². The summed E-state index contributed by atoms with van der Waals surface area (Å²) < 4.78 is 0. The lowest BCUT2D eigenvalue weighted by Gasteiger charge is -2.11. The van der Waals surface area contributed by atoms with Gasteiger partial charge >= 0.3 is 0 Å². The van der Waals surface area contributed by atoms with E-state index in [4.69, 9.17) is 0 Å². The molecule has 1 rings (SSSR count). The normalized spacial score (nSPS) is 34.2. The second-order valence-corrected chi connectivity index (χ2v) is 3.80. The molecule has 0 aliphatic heterocycles. The molecule has 0 spiro atoms. The van der Waals surface area contributed by atoms with Crippen LogP contribution in [0.15, 0.2) is 0 Å². The van der Waals surface area contributed by atoms with E-state index in [1.807, 2.05) is 20.8 Å². The van der Waals surface area contributed by atoms with Crippen molar-refractivity contribution in [2.24, 2.45) is 17.8 Å². The third kappa shape index (κ3) is 1.54. The molecular weight excluding hydrogens is 164 g/mol. The van der Waals surface area contributed by atoms with Gasteiger partial charge in [-0.25, -0.2) is 0 Å². The Morgan fingerprint density at radius 2 is 1.23 bits per heavy atom. The highest BCUT2D eigenvalue weighted by Crippen LogP contribution is 2.35. The summed E-state index contributed by atoms with van der Waals surface area (Å²) in [6.07, 6.45) is 2.32. The maximum atomic E-state index is 11.7. The summed E-state index contributed by atoms with van der Waals surface area (Å²) in [6.45, 7) is 5.92. The number of rotatable bonds is 3. The van der Waals surface area contributed by atoms with Gasteiger partial charge in [0.15, 0.2) is 0 Å². The first-order chi connectivity index (χ1) is 6.17. The van der Waals surface area contributed by atoms with Crippen molar-refractivity contribution >= 4 is 11.6 Å². The highest BCUT2D eigenvalue weighted by molar-refractivity contribution is 6.11. The molecule has 0 aromatic carbocycles. The lowest BCUT2D eigenvalue weighted by molar-refractivity contribution is -0.128. The van der Waals surface area contributed by atoms with Crippen molar-refractivity contribution in [3.63, 3.8) is 0 Å². The Kier molecular flexibility index (Phi) is 3.23. The fraction of sp³-hybridized carbons (Fsp3) is 0.818. The molecule has 0 N–H and O–H groups in total. The standard InChI is InChI=1S/C11H18O2/c1-4-7-8(5-2)11(13)9(6-3)10(7)12/h7-9H,4-6H2,1-3H3. The summed E-state index contributed by atoms with van der Waals surface area (Å²) in [4.78, 5) is 23.5. The molecule has 0 aromatic rings. The van der Waals surface area contributed by atoms with E-state index in [1.54, 1.807) is 0 Å². The van der Waals surface area contributed by atoms with E-state index in [2.05, 4.69) is 0 Å². The minimum absolute atomic E-state index is 0.0162. The zero-order chi connectivity index (χ0) is 10.0. The second-order valence-electron chi connectivity index (χ2n) is 3.80. The van der Waals surface area contributed by atoms with Gasteiger partial charge in [-0.2, -0.15) is 0 Å². The topological polar surface area (TPSA) is 34.1 Å². The van der Waals surface area contributed by atoms with Crippen molar-refractivity contribution in [3.8, 4) is 0 Å². The monoisotopic (exact) mass is 182 g/mol. The summed E-state index contributed by atoms with van der Waals surface area (Å²) in [5.41, 5.74) is 0. The van der Waals surface area contributed by atoms with Crippen LogP contribution in [-0.4, -0.2) is 11.6 Å². The van der Waals surface area contributed by atoms with E-state index < -0.39 is 0 Å². The van der Waals surface area contributed by atoms with Gasteiger partial charge in [0.2, 0.25) is 0 Å². The predicted molar refractivity (Wildman–Crippen MR) is 51.4 cm³/mol. The highest BCUT2D eigenvalue weighted by atomic mass is 16.2. The molecule has 13 heavy (non-hydrogen) atoms. The Balaban J connectivity index is 2.88. The van der Waals surface area contributed by atoms with Crippen LogP contribution in [-0.2, 0) is 9.59 Å². The molecule has 0 aromatic heterocycles. The maximum Gasteiger partial charge on any atom is 0.147 e. The summed E-state index contributed by atoms with van der Waals surface area (Å²) in [5.74, 6) is 0.142. The van der Waals surface area contributed by atoms with Crippen LogP contribution in [0.2, 0.25) is 0 Å². The van der Waals surface area contributed by atoms with Crippen LogP contribution in [0.1, 0.15) is 40.0 Å². The van der Waals surface area contributed by atoms with Crippen LogP contribution in [0, 0.1) is 17.8 Å².